The molecule has 0 saturated carbocycles. The molecule has 0 saturated heterocycles. The van der Waals surface area contributed by atoms with Gasteiger partial charge in [0.25, 0.3) is 0 Å². The van der Waals surface area contributed by atoms with Crippen molar-refractivity contribution in [3.8, 4) is 0 Å². The second kappa shape index (κ2) is 7.61. The highest BCUT2D eigenvalue weighted by molar-refractivity contribution is 5.89. The molecule has 0 radical (unpaired) electrons. The van der Waals surface area contributed by atoms with Gasteiger partial charge in [0.2, 0.25) is 0 Å². The van der Waals surface area contributed by atoms with Gasteiger partial charge >= 0.3 is 5.97 Å². The fourth-order valence-corrected chi connectivity index (χ4v) is 1.88. The van der Waals surface area contributed by atoms with Crippen molar-refractivity contribution in [2.75, 3.05) is 23.7 Å². The average molecular weight is 265 g/mol. The van der Waals surface area contributed by atoms with E-state index in [1.165, 1.54) is 12.3 Å². The molecule has 0 aromatic carbocycles. The molecule has 0 aliphatic carbocycles. The third kappa shape index (κ3) is 4.43. The molecular weight excluding hydrogens is 242 g/mol. The largest absolute Gasteiger partial charge is 0.478 e. The Labute approximate surface area is 114 Å². The van der Waals surface area contributed by atoms with Crippen LogP contribution in [0.3, 0.4) is 0 Å². The van der Waals surface area contributed by atoms with Crippen molar-refractivity contribution in [1.29, 1.82) is 0 Å². The van der Waals surface area contributed by atoms with E-state index < -0.39 is 5.97 Å². The number of carboxylic acids is 1. The van der Waals surface area contributed by atoms with Gasteiger partial charge in [0.1, 0.15) is 0 Å². The summed E-state index contributed by atoms with van der Waals surface area (Å²) >= 11 is 0. The first-order valence-electron chi connectivity index (χ1n) is 6.83. The zero-order chi connectivity index (χ0) is 14.3. The second-order valence-electron chi connectivity index (χ2n) is 4.64. The molecule has 106 valence electrons. The lowest BCUT2D eigenvalue weighted by atomic mass is 10.2. The molecule has 1 aromatic rings. The average Bonchev–Trinajstić information content (AvgIpc) is 2.39. The van der Waals surface area contributed by atoms with E-state index in [1.807, 2.05) is 0 Å². The van der Waals surface area contributed by atoms with Crippen LogP contribution in [0.15, 0.2) is 12.3 Å². The normalized spacial score (nSPS) is 10.4. The van der Waals surface area contributed by atoms with E-state index in [1.54, 1.807) is 0 Å². The summed E-state index contributed by atoms with van der Waals surface area (Å²) in [5.74, 6) is -0.300. The number of carboxylic acid groups (broad SMARTS) is 1. The van der Waals surface area contributed by atoms with E-state index in [0.717, 1.165) is 38.8 Å². The van der Waals surface area contributed by atoms with Gasteiger partial charge in [-0.25, -0.2) is 9.78 Å². The molecule has 5 heteroatoms. The summed E-state index contributed by atoms with van der Waals surface area (Å²) in [5.41, 5.74) is 6.50. The lowest BCUT2D eigenvalue weighted by Gasteiger charge is -2.24. The molecule has 0 aliphatic heterocycles. The number of nitrogen functional groups attached to an aromatic ring is 1. The highest BCUT2D eigenvalue weighted by Crippen LogP contribution is 2.22. The van der Waals surface area contributed by atoms with Crippen LogP contribution in [0.25, 0.3) is 0 Å². The lowest BCUT2D eigenvalue weighted by molar-refractivity contribution is 0.0696. The third-order valence-corrected chi connectivity index (χ3v) is 3.00. The van der Waals surface area contributed by atoms with Crippen molar-refractivity contribution in [3.63, 3.8) is 0 Å². The van der Waals surface area contributed by atoms with E-state index in [2.05, 4.69) is 23.7 Å². The molecular formula is C14H23N3O2. The number of aromatic nitrogens is 1. The molecule has 5 nitrogen and oxygen atoms in total. The molecule has 1 aromatic heterocycles. The van der Waals surface area contributed by atoms with Gasteiger partial charge in [-0.15, -0.1) is 0 Å². The zero-order valence-corrected chi connectivity index (χ0v) is 11.7. The summed E-state index contributed by atoms with van der Waals surface area (Å²) in [6, 6.07) is 1.48. The van der Waals surface area contributed by atoms with Gasteiger partial charge in [0.05, 0.1) is 11.3 Å². The number of hydrogen-bond donors (Lipinski definition) is 2. The van der Waals surface area contributed by atoms with Crippen LogP contribution in [0.4, 0.5) is 11.5 Å². The maximum atomic E-state index is 10.9. The predicted octanol–water partition coefficient (Wildman–Crippen LogP) is 2.77. The fraction of sp³-hybridized carbons (Fsp3) is 0.571. The minimum absolute atomic E-state index is 0.132. The Morgan fingerprint density at radius 3 is 2.32 bits per heavy atom. The van der Waals surface area contributed by atoms with Crippen LogP contribution in [-0.2, 0) is 0 Å². The summed E-state index contributed by atoms with van der Waals surface area (Å²) < 4.78 is 0. The van der Waals surface area contributed by atoms with Gasteiger partial charge < -0.3 is 15.7 Å². The van der Waals surface area contributed by atoms with Gasteiger partial charge in [-0.05, 0) is 18.9 Å². The first-order chi connectivity index (χ1) is 9.10. The minimum Gasteiger partial charge on any atom is -0.478 e. The molecule has 0 spiro atoms. The van der Waals surface area contributed by atoms with E-state index >= 15 is 0 Å². The number of aromatic carboxylic acids is 1. The third-order valence-electron chi connectivity index (χ3n) is 3.00. The number of nitrogens with zero attached hydrogens (tertiary/aromatic N) is 2. The van der Waals surface area contributed by atoms with Crippen molar-refractivity contribution in [2.45, 2.75) is 39.5 Å². The Morgan fingerprint density at radius 1 is 1.32 bits per heavy atom. The van der Waals surface area contributed by atoms with Gasteiger partial charge in [0.15, 0.2) is 5.82 Å². The van der Waals surface area contributed by atoms with Crippen LogP contribution in [0.5, 0.6) is 0 Å². The SMILES string of the molecule is CCCCN(CCCC)c1ncc(C(=O)O)cc1N. The molecule has 0 atom stereocenters. The quantitative estimate of drug-likeness (QED) is 0.755. The predicted molar refractivity (Wildman–Crippen MR) is 77.6 cm³/mol. The summed E-state index contributed by atoms with van der Waals surface area (Å²) in [4.78, 5) is 17.2. The molecule has 1 rings (SSSR count). The number of rotatable bonds is 8. The lowest BCUT2D eigenvalue weighted by Crippen LogP contribution is -2.27. The van der Waals surface area contributed by atoms with Crippen molar-refractivity contribution >= 4 is 17.5 Å². The van der Waals surface area contributed by atoms with Gasteiger partial charge in [-0.3, -0.25) is 0 Å². The van der Waals surface area contributed by atoms with E-state index in [0.29, 0.717) is 11.5 Å². The summed E-state index contributed by atoms with van der Waals surface area (Å²) in [6.07, 6.45) is 5.74. The Hall–Kier alpha value is -1.78. The van der Waals surface area contributed by atoms with Crippen LogP contribution >= 0.6 is 0 Å². The van der Waals surface area contributed by atoms with Crippen LogP contribution in [-0.4, -0.2) is 29.1 Å². The monoisotopic (exact) mass is 265 g/mol. The number of carbonyl (C=O) groups is 1. The number of pyridine rings is 1. The van der Waals surface area contributed by atoms with Crippen LogP contribution < -0.4 is 10.6 Å². The fourth-order valence-electron chi connectivity index (χ4n) is 1.88. The van der Waals surface area contributed by atoms with E-state index in [4.69, 9.17) is 10.8 Å². The van der Waals surface area contributed by atoms with Crippen LogP contribution in [0, 0.1) is 0 Å². The molecule has 0 amide bonds. The first-order valence-corrected chi connectivity index (χ1v) is 6.83. The second-order valence-corrected chi connectivity index (χ2v) is 4.64. The molecule has 3 N–H and O–H groups in total. The number of anilines is 2. The molecule has 19 heavy (non-hydrogen) atoms. The van der Waals surface area contributed by atoms with Gasteiger partial charge in [-0.1, -0.05) is 26.7 Å². The number of unbranched alkanes of at least 4 members (excludes halogenated alkanes) is 2. The molecule has 0 aliphatic rings. The van der Waals surface area contributed by atoms with Gasteiger partial charge in [0, 0.05) is 19.3 Å². The van der Waals surface area contributed by atoms with E-state index in [-0.39, 0.29) is 5.56 Å². The summed E-state index contributed by atoms with van der Waals surface area (Å²) in [7, 11) is 0. The highest BCUT2D eigenvalue weighted by atomic mass is 16.4. The van der Waals surface area contributed by atoms with Gasteiger partial charge in [-0.2, -0.15) is 0 Å². The molecule has 0 bridgehead atoms. The topological polar surface area (TPSA) is 79.5 Å². The Balaban J connectivity index is 2.90. The smallest absolute Gasteiger partial charge is 0.337 e. The number of nitrogens with two attached hydrogens (primary N) is 1. The standard InChI is InChI=1S/C14H23N3O2/c1-3-5-7-17(8-6-4-2)13-12(15)9-11(10-16-13)14(18)19/h9-10H,3-8,15H2,1-2H3,(H,18,19). The van der Waals surface area contributed by atoms with Crippen molar-refractivity contribution < 1.29 is 9.90 Å². The molecule has 0 unspecified atom stereocenters. The van der Waals surface area contributed by atoms with Crippen molar-refractivity contribution in [2.24, 2.45) is 0 Å². The van der Waals surface area contributed by atoms with Crippen molar-refractivity contribution in [3.05, 3.63) is 17.8 Å². The molecule has 1 heterocycles. The van der Waals surface area contributed by atoms with Crippen molar-refractivity contribution in [1.82, 2.24) is 4.98 Å². The summed E-state index contributed by atoms with van der Waals surface area (Å²) in [5, 5.41) is 8.91. The van der Waals surface area contributed by atoms with Crippen LogP contribution in [0.1, 0.15) is 49.9 Å². The first kappa shape index (κ1) is 15.3. The minimum atomic E-state index is -1.00. The molecule has 0 fully saturated rings. The van der Waals surface area contributed by atoms with Crippen LogP contribution in [0.2, 0.25) is 0 Å². The maximum absolute atomic E-state index is 10.9. The Kier molecular flexibility index (Phi) is 6.12. The van der Waals surface area contributed by atoms with E-state index in [9.17, 15) is 4.79 Å². The Morgan fingerprint density at radius 2 is 1.89 bits per heavy atom. The maximum Gasteiger partial charge on any atom is 0.337 e. The Bertz CT molecular complexity index is 413. The highest BCUT2D eigenvalue weighted by Gasteiger charge is 2.13. The zero-order valence-electron chi connectivity index (χ0n) is 11.7. The summed E-state index contributed by atoms with van der Waals surface area (Å²) in [6.45, 7) is 6.09. The number of hydrogen-bond acceptors (Lipinski definition) is 4.